The number of fused-ring (bicyclic) bond motifs is 1. The predicted molar refractivity (Wildman–Crippen MR) is 108 cm³/mol. The molecule has 0 unspecified atom stereocenters. The van der Waals surface area contributed by atoms with Crippen LogP contribution in [0.25, 0.3) is 10.2 Å². The van der Waals surface area contributed by atoms with Crippen molar-refractivity contribution in [2.45, 2.75) is 0 Å². The van der Waals surface area contributed by atoms with E-state index in [1.807, 2.05) is 18.2 Å². The maximum atomic E-state index is 12.4. The van der Waals surface area contributed by atoms with Crippen molar-refractivity contribution in [3.8, 4) is 0 Å². The van der Waals surface area contributed by atoms with Crippen molar-refractivity contribution in [1.82, 2.24) is 9.88 Å². The molecule has 2 aromatic carbocycles. The van der Waals surface area contributed by atoms with E-state index >= 15 is 0 Å². The molecule has 7 heteroatoms. The number of thiazole rings is 1. The zero-order valence-corrected chi connectivity index (χ0v) is 15.8. The molecule has 134 valence electrons. The Kier molecular flexibility index (Phi) is 5.06. The fourth-order valence-corrected chi connectivity index (χ4v) is 4.32. The molecule has 0 spiro atoms. The minimum atomic E-state index is -0.0339. The zero-order chi connectivity index (χ0) is 17.9. The van der Waals surface area contributed by atoms with Crippen LogP contribution < -0.4 is 10.2 Å². The van der Waals surface area contributed by atoms with Crippen LogP contribution in [0.3, 0.4) is 0 Å². The third-order valence-corrected chi connectivity index (χ3v) is 5.72. The first-order chi connectivity index (χ1) is 12.7. The Labute approximate surface area is 161 Å². The summed E-state index contributed by atoms with van der Waals surface area (Å²) in [6.07, 6.45) is 0. The number of aromatic nitrogens is 1. The van der Waals surface area contributed by atoms with E-state index in [4.69, 9.17) is 11.6 Å². The van der Waals surface area contributed by atoms with Crippen LogP contribution in [0, 0.1) is 0 Å². The minimum absolute atomic E-state index is 0.0339. The topological polar surface area (TPSA) is 48.5 Å². The molecule has 3 aromatic rings. The lowest BCUT2D eigenvalue weighted by atomic mass is 10.2. The van der Waals surface area contributed by atoms with Crippen LogP contribution >= 0.6 is 22.9 Å². The molecular formula is C19H19ClN4OS. The molecule has 1 fully saturated rings. The third kappa shape index (κ3) is 3.82. The van der Waals surface area contributed by atoms with E-state index in [-0.39, 0.29) is 5.91 Å². The number of para-hydroxylation sites is 2. The van der Waals surface area contributed by atoms with Crippen LogP contribution in [0.1, 0.15) is 0 Å². The van der Waals surface area contributed by atoms with Crippen molar-refractivity contribution in [3.05, 3.63) is 53.6 Å². The molecule has 26 heavy (non-hydrogen) atoms. The summed E-state index contributed by atoms with van der Waals surface area (Å²) in [6.45, 7) is 3.97. The molecule has 0 aliphatic carbocycles. The summed E-state index contributed by atoms with van der Waals surface area (Å²) >= 11 is 7.59. The molecule has 1 aliphatic heterocycles. The molecule has 1 N–H and O–H groups in total. The molecule has 0 radical (unpaired) electrons. The van der Waals surface area contributed by atoms with Crippen molar-refractivity contribution in [2.75, 3.05) is 42.9 Å². The van der Waals surface area contributed by atoms with E-state index < -0.39 is 0 Å². The van der Waals surface area contributed by atoms with Crippen molar-refractivity contribution >= 4 is 49.9 Å². The van der Waals surface area contributed by atoms with Gasteiger partial charge in [-0.3, -0.25) is 9.69 Å². The highest BCUT2D eigenvalue weighted by Gasteiger charge is 2.19. The van der Waals surface area contributed by atoms with E-state index in [9.17, 15) is 4.79 Å². The summed E-state index contributed by atoms with van der Waals surface area (Å²) in [7, 11) is 0. The number of carbonyl (C=O) groups excluding carboxylic acids is 1. The van der Waals surface area contributed by atoms with Crippen molar-refractivity contribution in [2.24, 2.45) is 0 Å². The Morgan fingerprint density at radius 2 is 1.85 bits per heavy atom. The number of hydrogen-bond donors (Lipinski definition) is 1. The molecule has 1 saturated heterocycles. The predicted octanol–water partition coefficient (Wildman–Crippen LogP) is 3.71. The summed E-state index contributed by atoms with van der Waals surface area (Å²) in [5.41, 5.74) is 1.98. The number of anilines is 2. The van der Waals surface area contributed by atoms with Crippen LogP contribution in [-0.4, -0.2) is 48.5 Å². The lowest BCUT2D eigenvalue weighted by Gasteiger charge is -2.35. The molecule has 4 rings (SSSR count). The number of carbonyl (C=O) groups is 1. The average molecular weight is 387 g/mol. The summed E-state index contributed by atoms with van der Waals surface area (Å²) in [5, 5.41) is 4.11. The van der Waals surface area contributed by atoms with E-state index in [0.29, 0.717) is 16.7 Å². The smallest absolute Gasteiger partial charge is 0.240 e. The van der Waals surface area contributed by atoms with Crippen LogP contribution in [0.15, 0.2) is 48.5 Å². The van der Waals surface area contributed by atoms with Crippen molar-refractivity contribution < 1.29 is 4.79 Å². The van der Waals surface area contributed by atoms with Gasteiger partial charge in [-0.05, 0) is 24.3 Å². The van der Waals surface area contributed by atoms with Gasteiger partial charge in [-0.2, -0.15) is 0 Å². The molecule has 1 aromatic heterocycles. The number of nitrogens with zero attached hydrogens (tertiary/aromatic N) is 3. The molecule has 0 bridgehead atoms. The SMILES string of the molecule is O=C(CN1CCN(c2ccccc2)CC1)Nc1nc2c(Cl)cccc2s1. The lowest BCUT2D eigenvalue weighted by Crippen LogP contribution is -2.48. The fraction of sp³-hybridized carbons (Fsp3) is 0.263. The van der Waals surface area contributed by atoms with Gasteiger partial charge in [-0.1, -0.05) is 47.2 Å². The zero-order valence-electron chi connectivity index (χ0n) is 14.2. The van der Waals surface area contributed by atoms with Gasteiger partial charge in [0.05, 0.1) is 16.3 Å². The molecule has 0 atom stereocenters. The maximum Gasteiger partial charge on any atom is 0.240 e. The number of piperazine rings is 1. The number of benzene rings is 2. The second-order valence-corrected chi connectivity index (χ2v) is 7.69. The van der Waals surface area contributed by atoms with Gasteiger partial charge < -0.3 is 10.2 Å². The van der Waals surface area contributed by atoms with Gasteiger partial charge in [0.25, 0.3) is 0 Å². The molecule has 1 aliphatic rings. The highest BCUT2D eigenvalue weighted by atomic mass is 35.5. The summed E-state index contributed by atoms with van der Waals surface area (Å²) in [4.78, 5) is 21.3. The number of hydrogen-bond acceptors (Lipinski definition) is 5. The monoisotopic (exact) mass is 386 g/mol. The first-order valence-electron chi connectivity index (χ1n) is 8.56. The van der Waals surface area contributed by atoms with Crippen LogP contribution in [0.4, 0.5) is 10.8 Å². The van der Waals surface area contributed by atoms with Crippen LogP contribution in [-0.2, 0) is 4.79 Å². The van der Waals surface area contributed by atoms with Crippen molar-refractivity contribution in [3.63, 3.8) is 0 Å². The Morgan fingerprint density at radius 1 is 1.08 bits per heavy atom. The molecular weight excluding hydrogens is 368 g/mol. The van der Waals surface area contributed by atoms with E-state index in [1.165, 1.54) is 17.0 Å². The van der Waals surface area contributed by atoms with Crippen LogP contribution in [0.2, 0.25) is 5.02 Å². The minimum Gasteiger partial charge on any atom is -0.369 e. The second kappa shape index (κ2) is 7.61. The standard InChI is InChI=1S/C19H19ClN4OS/c20-15-7-4-8-16-18(15)22-19(26-16)21-17(25)13-23-9-11-24(12-10-23)14-5-2-1-3-6-14/h1-8H,9-13H2,(H,21,22,25). The molecule has 1 amide bonds. The number of amides is 1. The fourth-order valence-electron chi connectivity index (χ4n) is 3.13. The van der Waals surface area contributed by atoms with E-state index in [0.717, 1.165) is 36.4 Å². The summed E-state index contributed by atoms with van der Waals surface area (Å²) < 4.78 is 0.976. The van der Waals surface area contributed by atoms with Gasteiger partial charge in [0.15, 0.2) is 5.13 Å². The van der Waals surface area contributed by atoms with E-state index in [1.54, 1.807) is 6.07 Å². The summed E-state index contributed by atoms with van der Waals surface area (Å²) in [6, 6.07) is 16.0. The number of halogens is 1. The average Bonchev–Trinajstić information content (AvgIpc) is 3.07. The van der Waals surface area contributed by atoms with Gasteiger partial charge in [0.2, 0.25) is 5.91 Å². The number of nitrogens with one attached hydrogen (secondary N) is 1. The van der Waals surface area contributed by atoms with Gasteiger partial charge >= 0.3 is 0 Å². The second-order valence-electron chi connectivity index (χ2n) is 6.25. The van der Waals surface area contributed by atoms with Gasteiger partial charge in [-0.25, -0.2) is 4.98 Å². The highest BCUT2D eigenvalue weighted by molar-refractivity contribution is 7.22. The highest BCUT2D eigenvalue weighted by Crippen LogP contribution is 2.30. The van der Waals surface area contributed by atoms with Gasteiger partial charge in [-0.15, -0.1) is 0 Å². The van der Waals surface area contributed by atoms with E-state index in [2.05, 4.69) is 44.4 Å². The Hall–Kier alpha value is -2.15. The third-order valence-electron chi connectivity index (χ3n) is 4.48. The summed E-state index contributed by atoms with van der Waals surface area (Å²) in [5.74, 6) is -0.0339. The van der Waals surface area contributed by atoms with Gasteiger partial charge in [0, 0.05) is 31.9 Å². The number of rotatable bonds is 4. The maximum absolute atomic E-state index is 12.4. The molecule has 5 nitrogen and oxygen atoms in total. The Morgan fingerprint density at radius 3 is 2.58 bits per heavy atom. The largest absolute Gasteiger partial charge is 0.369 e. The van der Waals surface area contributed by atoms with Crippen molar-refractivity contribution in [1.29, 1.82) is 0 Å². The molecule has 0 saturated carbocycles. The first kappa shape index (κ1) is 17.3. The first-order valence-corrected chi connectivity index (χ1v) is 9.76. The Balaban J connectivity index is 1.32. The quantitative estimate of drug-likeness (QED) is 0.742. The normalized spacial score (nSPS) is 15.3. The Bertz CT molecular complexity index is 906. The van der Waals surface area contributed by atoms with Gasteiger partial charge in [0.1, 0.15) is 5.52 Å². The molecule has 2 heterocycles. The van der Waals surface area contributed by atoms with Crippen LogP contribution in [0.5, 0.6) is 0 Å². The lowest BCUT2D eigenvalue weighted by molar-refractivity contribution is -0.117.